The molecular formula is C26H33ClN2O3. The van der Waals surface area contributed by atoms with Gasteiger partial charge >= 0.3 is 0 Å². The summed E-state index contributed by atoms with van der Waals surface area (Å²) >= 11 is 6.03. The summed E-state index contributed by atoms with van der Waals surface area (Å²) in [7, 11) is 0. The lowest BCUT2D eigenvalue weighted by atomic mass is 9.95. The molecule has 6 heteroatoms. The Morgan fingerprint density at radius 3 is 2.50 bits per heavy atom. The van der Waals surface area contributed by atoms with E-state index in [1.165, 1.54) is 6.42 Å². The van der Waals surface area contributed by atoms with Crippen molar-refractivity contribution in [1.29, 1.82) is 0 Å². The van der Waals surface area contributed by atoms with Crippen LogP contribution in [0.3, 0.4) is 0 Å². The minimum absolute atomic E-state index is 0.0859. The molecule has 0 saturated heterocycles. The van der Waals surface area contributed by atoms with Gasteiger partial charge in [0.2, 0.25) is 5.91 Å². The zero-order chi connectivity index (χ0) is 22.9. The highest BCUT2D eigenvalue weighted by Crippen LogP contribution is 2.20. The molecule has 3 rings (SSSR count). The van der Waals surface area contributed by atoms with Crippen molar-refractivity contribution in [2.24, 2.45) is 0 Å². The summed E-state index contributed by atoms with van der Waals surface area (Å²) in [5.41, 5.74) is 1.98. The highest BCUT2D eigenvalue weighted by Gasteiger charge is 2.30. The van der Waals surface area contributed by atoms with Crippen molar-refractivity contribution in [3.63, 3.8) is 0 Å². The van der Waals surface area contributed by atoms with Crippen LogP contribution in [0, 0.1) is 6.92 Å². The van der Waals surface area contributed by atoms with Gasteiger partial charge in [0.1, 0.15) is 11.8 Å². The molecule has 0 radical (unpaired) electrons. The lowest BCUT2D eigenvalue weighted by molar-refractivity contribution is -0.143. The third kappa shape index (κ3) is 6.99. The number of carbonyl (C=O) groups excluding carboxylic acids is 2. The summed E-state index contributed by atoms with van der Waals surface area (Å²) in [6.45, 7) is 4.12. The highest BCUT2D eigenvalue weighted by atomic mass is 35.5. The number of ether oxygens (including phenoxy) is 1. The minimum atomic E-state index is -0.554. The third-order valence-electron chi connectivity index (χ3n) is 5.96. The molecule has 2 amide bonds. The molecule has 32 heavy (non-hydrogen) atoms. The maximum absolute atomic E-state index is 13.3. The van der Waals surface area contributed by atoms with Gasteiger partial charge in [0.25, 0.3) is 5.91 Å². The summed E-state index contributed by atoms with van der Waals surface area (Å²) < 4.78 is 5.77. The molecule has 0 unspecified atom stereocenters. The Labute approximate surface area is 196 Å². The zero-order valence-electron chi connectivity index (χ0n) is 19.0. The third-order valence-corrected chi connectivity index (χ3v) is 6.21. The number of amides is 2. The second kappa shape index (κ2) is 11.9. The summed E-state index contributed by atoms with van der Waals surface area (Å²) in [4.78, 5) is 28.1. The van der Waals surface area contributed by atoms with Crippen LogP contribution in [0.1, 0.15) is 56.6 Å². The number of nitrogens with one attached hydrogen (secondary N) is 1. The molecule has 0 spiro atoms. The number of hydrogen-bond acceptors (Lipinski definition) is 3. The zero-order valence-corrected chi connectivity index (χ0v) is 19.7. The number of halogens is 1. The van der Waals surface area contributed by atoms with Crippen LogP contribution in [-0.4, -0.2) is 35.4 Å². The molecule has 5 nitrogen and oxygen atoms in total. The Kier molecular flexibility index (Phi) is 8.98. The molecule has 1 fully saturated rings. The van der Waals surface area contributed by atoms with E-state index in [9.17, 15) is 9.59 Å². The van der Waals surface area contributed by atoms with E-state index in [1.807, 2.05) is 50.2 Å². The standard InChI is InChI=1S/C26H33ClN2O3/c1-3-24(26(31)28-22-9-5-4-6-10-22)29(17-20-12-14-21(27)15-13-20)25(30)18-32-23-11-7-8-19(2)16-23/h7-8,11-16,22,24H,3-6,9-10,17-18H2,1-2H3,(H,28,31)/t24-/m1/s1. The normalized spacial score (nSPS) is 15.1. The van der Waals surface area contributed by atoms with E-state index in [0.717, 1.165) is 36.8 Å². The molecule has 1 aliphatic rings. The van der Waals surface area contributed by atoms with Crippen molar-refractivity contribution in [3.05, 3.63) is 64.7 Å². The smallest absolute Gasteiger partial charge is 0.261 e. The van der Waals surface area contributed by atoms with E-state index < -0.39 is 6.04 Å². The molecule has 1 aliphatic carbocycles. The maximum Gasteiger partial charge on any atom is 0.261 e. The average Bonchev–Trinajstić information content (AvgIpc) is 2.79. The lowest BCUT2D eigenvalue weighted by Crippen LogP contribution is -2.52. The van der Waals surface area contributed by atoms with Crippen molar-refractivity contribution >= 4 is 23.4 Å². The van der Waals surface area contributed by atoms with Gasteiger partial charge in [-0.3, -0.25) is 9.59 Å². The van der Waals surface area contributed by atoms with Crippen LogP contribution in [0.15, 0.2) is 48.5 Å². The molecule has 1 N–H and O–H groups in total. The Hall–Kier alpha value is -2.53. The van der Waals surface area contributed by atoms with Gasteiger partial charge < -0.3 is 15.0 Å². The first-order valence-corrected chi connectivity index (χ1v) is 11.9. The molecule has 1 atom stereocenters. The number of aryl methyl sites for hydroxylation is 1. The van der Waals surface area contributed by atoms with Crippen LogP contribution >= 0.6 is 11.6 Å². The monoisotopic (exact) mass is 456 g/mol. The highest BCUT2D eigenvalue weighted by molar-refractivity contribution is 6.30. The van der Waals surface area contributed by atoms with Crippen molar-refractivity contribution < 1.29 is 14.3 Å². The van der Waals surface area contributed by atoms with Crippen molar-refractivity contribution in [2.45, 2.75) is 71.0 Å². The number of benzene rings is 2. The first kappa shape index (κ1) is 24.1. The summed E-state index contributed by atoms with van der Waals surface area (Å²) in [6.07, 6.45) is 6.04. The molecule has 0 heterocycles. The quantitative estimate of drug-likeness (QED) is 0.558. The van der Waals surface area contributed by atoms with Gasteiger partial charge in [-0.15, -0.1) is 0 Å². The number of carbonyl (C=O) groups is 2. The van der Waals surface area contributed by atoms with Gasteiger partial charge in [-0.1, -0.05) is 62.1 Å². The van der Waals surface area contributed by atoms with Crippen LogP contribution in [0.4, 0.5) is 0 Å². The predicted molar refractivity (Wildman–Crippen MR) is 128 cm³/mol. The first-order valence-electron chi connectivity index (χ1n) is 11.5. The van der Waals surface area contributed by atoms with Gasteiger partial charge in [0, 0.05) is 17.6 Å². The topological polar surface area (TPSA) is 58.6 Å². The van der Waals surface area contributed by atoms with Crippen LogP contribution < -0.4 is 10.1 Å². The largest absolute Gasteiger partial charge is 0.484 e. The Balaban J connectivity index is 1.74. The van der Waals surface area contributed by atoms with Crippen LogP contribution in [0.25, 0.3) is 0 Å². The van der Waals surface area contributed by atoms with Crippen molar-refractivity contribution in [2.75, 3.05) is 6.61 Å². The van der Waals surface area contributed by atoms with Crippen LogP contribution in [0.2, 0.25) is 5.02 Å². The molecule has 1 saturated carbocycles. The van der Waals surface area contributed by atoms with Gasteiger partial charge in [-0.25, -0.2) is 0 Å². The summed E-state index contributed by atoms with van der Waals surface area (Å²) in [5, 5.41) is 3.82. The Bertz CT molecular complexity index is 894. The summed E-state index contributed by atoms with van der Waals surface area (Å²) in [5.74, 6) is 0.342. The molecule has 172 valence electrons. The fourth-order valence-corrected chi connectivity index (χ4v) is 4.31. The second-order valence-electron chi connectivity index (χ2n) is 8.52. The van der Waals surface area contributed by atoms with Crippen LogP contribution in [0.5, 0.6) is 5.75 Å². The number of nitrogens with zero attached hydrogens (tertiary/aromatic N) is 1. The Morgan fingerprint density at radius 2 is 1.84 bits per heavy atom. The number of hydrogen-bond donors (Lipinski definition) is 1. The fraction of sp³-hybridized carbons (Fsp3) is 0.462. The van der Waals surface area contributed by atoms with E-state index in [0.29, 0.717) is 23.7 Å². The van der Waals surface area contributed by atoms with Gasteiger partial charge in [-0.05, 0) is 61.6 Å². The molecular weight excluding hydrogens is 424 g/mol. The van der Waals surface area contributed by atoms with E-state index in [-0.39, 0.29) is 24.5 Å². The lowest BCUT2D eigenvalue weighted by Gasteiger charge is -2.32. The molecule has 0 aliphatic heterocycles. The number of rotatable bonds is 9. The molecule has 2 aromatic carbocycles. The van der Waals surface area contributed by atoms with Crippen LogP contribution in [-0.2, 0) is 16.1 Å². The van der Waals surface area contributed by atoms with Gasteiger partial charge in [-0.2, -0.15) is 0 Å². The SMILES string of the molecule is CC[C@H](C(=O)NC1CCCCC1)N(Cc1ccc(Cl)cc1)C(=O)COc1cccc(C)c1. The molecule has 0 bridgehead atoms. The maximum atomic E-state index is 13.3. The van der Waals surface area contributed by atoms with E-state index in [2.05, 4.69) is 5.32 Å². The Morgan fingerprint density at radius 1 is 1.12 bits per heavy atom. The fourth-order valence-electron chi connectivity index (χ4n) is 4.18. The molecule has 2 aromatic rings. The first-order chi connectivity index (χ1) is 15.5. The second-order valence-corrected chi connectivity index (χ2v) is 8.96. The van der Waals surface area contributed by atoms with E-state index in [1.54, 1.807) is 17.0 Å². The average molecular weight is 457 g/mol. The molecule has 0 aromatic heterocycles. The summed E-state index contributed by atoms with van der Waals surface area (Å²) in [6, 6.07) is 14.6. The van der Waals surface area contributed by atoms with Crippen molar-refractivity contribution in [1.82, 2.24) is 10.2 Å². The van der Waals surface area contributed by atoms with Gasteiger partial charge in [0.15, 0.2) is 6.61 Å². The van der Waals surface area contributed by atoms with E-state index in [4.69, 9.17) is 16.3 Å². The van der Waals surface area contributed by atoms with Crippen molar-refractivity contribution in [3.8, 4) is 5.75 Å². The van der Waals surface area contributed by atoms with E-state index >= 15 is 0 Å². The van der Waals surface area contributed by atoms with Gasteiger partial charge in [0.05, 0.1) is 0 Å². The predicted octanol–water partition coefficient (Wildman–Crippen LogP) is 5.28. The minimum Gasteiger partial charge on any atom is -0.484 e.